The Labute approximate surface area is 178 Å². The van der Waals surface area contributed by atoms with Crippen LogP contribution in [0.15, 0.2) is 59.4 Å². The molecule has 8 heteroatoms. The fourth-order valence-corrected chi connectivity index (χ4v) is 3.61. The van der Waals surface area contributed by atoms with Gasteiger partial charge in [-0.2, -0.15) is 4.98 Å². The first kappa shape index (κ1) is 19.2. The van der Waals surface area contributed by atoms with Crippen molar-refractivity contribution >= 4 is 11.6 Å². The predicted octanol–water partition coefficient (Wildman–Crippen LogP) is 4.52. The summed E-state index contributed by atoms with van der Waals surface area (Å²) >= 11 is 0. The topological polar surface area (TPSA) is 77.1 Å². The molecule has 1 amide bonds. The number of rotatable bonds is 2. The highest BCUT2D eigenvalue weighted by Crippen LogP contribution is 2.37. The summed E-state index contributed by atoms with van der Waals surface area (Å²) < 4.78 is 21.4. The van der Waals surface area contributed by atoms with Gasteiger partial charge in [0, 0.05) is 11.0 Å². The molecular formula is C23H20FN5O2. The smallest absolute Gasteiger partial charge is 0.258 e. The Morgan fingerprint density at radius 3 is 2.58 bits per heavy atom. The standard InChI is InChI=1S/C23H20FN5O2/c1-23(2,3)22-26-20(27-31-22)19-18-12-28(21(30)14-7-5-4-6-8-14)17-11-15(24)9-10-16(17)29(18)13-25-19/h4-11,13H,12H2,1-3H3. The number of carbonyl (C=O) groups excluding carboxylic acids is 1. The Hall–Kier alpha value is -3.81. The number of nitrogens with zero attached hydrogens (tertiary/aromatic N) is 5. The maximum Gasteiger partial charge on any atom is 0.258 e. The van der Waals surface area contributed by atoms with E-state index in [9.17, 15) is 9.18 Å². The molecule has 0 aliphatic carbocycles. The number of halogens is 1. The highest BCUT2D eigenvalue weighted by molar-refractivity contribution is 6.07. The molecular weight excluding hydrogens is 397 g/mol. The summed E-state index contributed by atoms with van der Waals surface area (Å²) in [6.45, 7) is 6.15. The van der Waals surface area contributed by atoms with E-state index in [0.29, 0.717) is 34.3 Å². The lowest BCUT2D eigenvalue weighted by molar-refractivity contribution is 0.0984. The number of amides is 1. The number of hydrogen-bond donors (Lipinski definition) is 0. The van der Waals surface area contributed by atoms with Gasteiger partial charge in [-0.25, -0.2) is 9.37 Å². The van der Waals surface area contributed by atoms with Crippen molar-refractivity contribution in [3.63, 3.8) is 0 Å². The molecule has 2 aromatic heterocycles. The minimum atomic E-state index is -0.415. The fourth-order valence-electron chi connectivity index (χ4n) is 3.61. The van der Waals surface area contributed by atoms with Crippen LogP contribution in [-0.4, -0.2) is 25.6 Å². The molecule has 4 aromatic rings. The highest BCUT2D eigenvalue weighted by Gasteiger charge is 2.32. The Balaban J connectivity index is 1.64. The molecule has 0 fully saturated rings. The minimum absolute atomic E-state index is 0.193. The quantitative estimate of drug-likeness (QED) is 0.479. The monoisotopic (exact) mass is 417 g/mol. The molecule has 7 nitrogen and oxygen atoms in total. The molecule has 156 valence electrons. The lowest BCUT2D eigenvalue weighted by Crippen LogP contribution is -2.35. The van der Waals surface area contributed by atoms with Crippen molar-refractivity contribution in [1.29, 1.82) is 0 Å². The number of aromatic nitrogens is 4. The van der Waals surface area contributed by atoms with E-state index in [1.54, 1.807) is 41.6 Å². The van der Waals surface area contributed by atoms with E-state index < -0.39 is 5.82 Å². The lowest BCUT2D eigenvalue weighted by atomic mass is 9.97. The van der Waals surface area contributed by atoms with Crippen LogP contribution >= 0.6 is 0 Å². The van der Waals surface area contributed by atoms with Gasteiger partial charge in [-0.1, -0.05) is 44.1 Å². The average Bonchev–Trinajstić information content (AvgIpc) is 3.40. The first-order chi connectivity index (χ1) is 14.8. The number of imidazole rings is 1. The van der Waals surface area contributed by atoms with Crippen molar-refractivity contribution < 1.29 is 13.7 Å². The third-order valence-corrected chi connectivity index (χ3v) is 5.21. The molecule has 0 saturated carbocycles. The van der Waals surface area contributed by atoms with Gasteiger partial charge in [-0.05, 0) is 30.3 Å². The molecule has 0 radical (unpaired) electrons. The third-order valence-electron chi connectivity index (χ3n) is 5.21. The fraction of sp³-hybridized carbons (Fsp3) is 0.217. The first-order valence-corrected chi connectivity index (χ1v) is 9.90. The summed E-state index contributed by atoms with van der Waals surface area (Å²) in [5.74, 6) is 0.215. The van der Waals surface area contributed by atoms with Crippen LogP contribution in [0.4, 0.5) is 10.1 Å². The molecule has 0 bridgehead atoms. The molecule has 31 heavy (non-hydrogen) atoms. The van der Waals surface area contributed by atoms with E-state index >= 15 is 0 Å². The molecule has 0 N–H and O–H groups in total. The molecule has 0 spiro atoms. The molecule has 1 aliphatic heterocycles. The Morgan fingerprint density at radius 2 is 1.87 bits per heavy atom. The molecule has 3 heterocycles. The molecule has 0 atom stereocenters. The van der Waals surface area contributed by atoms with Gasteiger partial charge in [0.1, 0.15) is 17.8 Å². The van der Waals surface area contributed by atoms with Crippen LogP contribution in [0, 0.1) is 5.82 Å². The molecule has 1 aliphatic rings. The van der Waals surface area contributed by atoms with Crippen molar-refractivity contribution in [1.82, 2.24) is 19.7 Å². The second-order valence-corrected chi connectivity index (χ2v) is 8.47. The largest absolute Gasteiger partial charge is 0.338 e. The van der Waals surface area contributed by atoms with Crippen molar-refractivity contribution in [2.75, 3.05) is 4.90 Å². The summed E-state index contributed by atoms with van der Waals surface area (Å²) in [5.41, 5.74) is 2.61. The zero-order chi connectivity index (χ0) is 21.8. The minimum Gasteiger partial charge on any atom is -0.338 e. The van der Waals surface area contributed by atoms with Crippen LogP contribution in [-0.2, 0) is 12.0 Å². The summed E-state index contributed by atoms with van der Waals surface area (Å²) in [7, 11) is 0. The Morgan fingerprint density at radius 1 is 1.10 bits per heavy atom. The van der Waals surface area contributed by atoms with E-state index in [1.807, 2.05) is 31.4 Å². The van der Waals surface area contributed by atoms with Gasteiger partial charge in [0.05, 0.1) is 23.6 Å². The number of benzene rings is 2. The van der Waals surface area contributed by atoms with Gasteiger partial charge in [-0.15, -0.1) is 0 Å². The van der Waals surface area contributed by atoms with Crippen LogP contribution < -0.4 is 4.90 Å². The Bertz CT molecular complexity index is 1290. The highest BCUT2D eigenvalue weighted by atomic mass is 19.1. The summed E-state index contributed by atoms with van der Waals surface area (Å²) in [6, 6.07) is 13.3. The van der Waals surface area contributed by atoms with E-state index in [0.717, 1.165) is 5.69 Å². The van der Waals surface area contributed by atoms with Gasteiger partial charge in [0.2, 0.25) is 11.7 Å². The third kappa shape index (κ3) is 3.20. The molecule has 5 rings (SSSR count). The number of hydrogen-bond acceptors (Lipinski definition) is 5. The number of fused-ring (bicyclic) bond motifs is 3. The summed E-state index contributed by atoms with van der Waals surface area (Å²) in [4.78, 5) is 23.9. The first-order valence-electron chi connectivity index (χ1n) is 9.90. The number of carbonyl (C=O) groups is 1. The second-order valence-electron chi connectivity index (χ2n) is 8.47. The summed E-state index contributed by atoms with van der Waals surface area (Å²) in [6.07, 6.45) is 1.64. The Kier molecular flexibility index (Phi) is 4.25. The van der Waals surface area contributed by atoms with Crippen molar-refractivity contribution in [2.24, 2.45) is 0 Å². The van der Waals surface area contributed by atoms with E-state index in [1.165, 1.54) is 12.1 Å². The zero-order valence-electron chi connectivity index (χ0n) is 17.3. The van der Waals surface area contributed by atoms with Crippen LogP contribution in [0.25, 0.3) is 17.2 Å². The van der Waals surface area contributed by atoms with Crippen molar-refractivity contribution in [2.45, 2.75) is 32.7 Å². The maximum atomic E-state index is 14.1. The maximum absolute atomic E-state index is 14.1. The normalized spacial score (nSPS) is 13.1. The van der Waals surface area contributed by atoms with Crippen LogP contribution in [0.2, 0.25) is 0 Å². The predicted molar refractivity (Wildman–Crippen MR) is 112 cm³/mol. The molecule has 0 saturated heterocycles. The van der Waals surface area contributed by atoms with Gasteiger partial charge in [-0.3, -0.25) is 9.36 Å². The van der Waals surface area contributed by atoms with Crippen molar-refractivity contribution in [3.8, 4) is 17.2 Å². The second kappa shape index (κ2) is 6.87. The summed E-state index contributed by atoms with van der Waals surface area (Å²) in [5, 5.41) is 4.11. The van der Waals surface area contributed by atoms with Crippen LogP contribution in [0.3, 0.4) is 0 Å². The average molecular weight is 417 g/mol. The molecule has 0 unspecified atom stereocenters. The van der Waals surface area contributed by atoms with E-state index in [4.69, 9.17) is 4.52 Å². The van der Waals surface area contributed by atoms with Gasteiger partial charge >= 0.3 is 0 Å². The SMILES string of the molecule is CC(C)(C)c1nc(-c2ncn3c2CN(C(=O)c2ccccc2)c2cc(F)ccc2-3)no1. The van der Waals surface area contributed by atoms with E-state index in [-0.39, 0.29) is 17.9 Å². The number of anilines is 1. The van der Waals surface area contributed by atoms with Gasteiger partial charge < -0.3 is 9.42 Å². The van der Waals surface area contributed by atoms with Gasteiger partial charge in [0.25, 0.3) is 5.91 Å². The van der Waals surface area contributed by atoms with E-state index in [2.05, 4.69) is 15.1 Å². The lowest BCUT2D eigenvalue weighted by Gasteiger charge is -2.31. The molecule has 2 aromatic carbocycles. The van der Waals surface area contributed by atoms with Crippen molar-refractivity contribution in [3.05, 3.63) is 77.8 Å². The zero-order valence-corrected chi connectivity index (χ0v) is 17.3. The van der Waals surface area contributed by atoms with Crippen LogP contribution in [0.5, 0.6) is 0 Å². The van der Waals surface area contributed by atoms with Gasteiger partial charge in [0.15, 0.2) is 0 Å². The van der Waals surface area contributed by atoms with Crippen LogP contribution in [0.1, 0.15) is 42.7 Å².